The molecule has 1 heterocycles. The summed E-state index contributed by atoms with van der Waals surface area (Å²) in [4.78, 5) is 9.24. The van der Waals surface area contributed by atoms with E-state index in [0.717, 1.165) is 22.5 Å². The van der Waals surface area contributed by atoms with E-state index in [1.54, 1.807) is 0 Å². The van der Waals surface area contributed by atoms with Crippen LogP contribution in [0, 0.1) is 15.9 Å². The zero-order valence-corrected chi connectivity index (χ0v) is 12.6. The number of hydrogen-bond donors (Lipinski definition) is 1. The molecule has 1 aromatic carbocycles. The van der Waals surface area contributed by atoms with Gasteiger partial charge in [0, 0.05) is 19.1 Å². The number of nitrogens with two attached hydrogens (primary N) is 1. The molecule has 1 saturated heterocycles. The van der Waals surface area contributed by atoms with Crippen molar-refractivity contribution in [2.45, 2.75) is 23.8 Å². The van der Waals surface area contributed by atoms with Crippen LogP contribution in [0.4, 0.5) is 10.1 Å². The number of nitro benzene ring substituents is 1. The predicted octanol–water partition coefficient (Wildman–Crippen LogP) is 1.27. The number of nitrogens with zero attached hydrogens (tertiary/aromatic N) is 2. The second-order valence-corrected chi connectivity index (χ2v) is 6.52. The Labute approximate surface area is 127 Å². The van der Waals surface area contributed by atoms with Gasteiger partial charge in [-0.15, -0.1) is 12.4 Å². The zero-order valence-electron chi connectivity index (χ0n) is 10.9. The molecular weight excluding hydrogens is 325 g/mol. The van der Waals surface area contributed by atoms with Crippen LogP contribution in [0.15, 0.2) is 23.1 Å². The van der Waals surface area contributed by atoms with Crippen LogP contribution in [0.1, 0.15) is 12.8 Å². The van der Waals surface area contributed by atoms with Crippen molar-refractivity contribution < 1.29 is 17.7 Å². The van der Waals surface area contributed by atoms with Gasteiger partial charge in [0.05, 0.1) is 4.92 Å². The lowest BCUT2D eigenvalue weighted by molar-refractivity contribution is -0.390. The van der Waals surface area contributed by atoms with Crippen molar-refractivity contribution >= 4 is 28.1 Å². The van der Waals surface area contributed by atoms with Crippen LogP contribution in [0.3, 0.4) is 0 Å². The topological polar surface area (TPSA) is 107 Å². The maximum absolute atomic E-state index is 13.5. The van der Waals surface area contributed by atoms with Crippen molar-refractivity contribution in [1.29, 1.82) is 0 Å². The molecule has 1 aromatic rings. The summed E-state index contributed by atoms with van der Waals surface area (Å²) in [5.74, 6) is -1.17. The minimum atomic E-state index is -4.12. The summed E-state index contributed by atoms with van der Waals surface area (Å²) in [6.45, 7) is 0.305. The Morgan fingerprint density at radius 2 is 2.10 bits per heavy atom. The summed E-state index contributed by atoms with van der Waals surface area (Å²) < 4.78 is 39.4. The molecule has 2 rings (SSSR count). The van der Waals surface area contributed by atoms with Gasteiger partial charge in [-0.1, -0.05) is 6.07 Å². The fraction of sp³-hybridized carbons (Fsp3) is 0.455. The van der Waals surface area contributed by atoms with Gasteiger partial charge in [-0.2, -0.15) is 8.70 Å². The van der Waals surface area contributed by atoms with E-state index in [9.17, 15) is 22.9 Å². The first kappa shape index (κ1) is 17.8. The summed E-state index contributed by atoms with van der Waals surface area (Å²) in [5, 5.41) is 10.9. The number of nitro groups is 1. The van der Waals surface area contributed by atoms with Crippen LogP contribution < -0.4 is 5.73 Å². The van der Waals surface area contributed by atoms with Gasteiger partial charge in [0.15, 0.2) is 4.90 Å². The maximum Gasteiger partial charge on any atom is 0.324 e. The Bertz CT molecular complexity index is 640. The smallest absolute Gasteiger partial charge is 0.324 e. The molecule has 7 nitrogen and oxygen atoms in total. The van der Waals surface area contributed by atoms with Crippen molar-refractivity contribution in [3.63, 3.8) is 0 Å². The Hall–Kier alpha value is -1.29. The lowest BCUT2D eigenvalue weighted by Gasteiger charge is -2.29. The van der Waals surface area contributed by atoms with Crippen molar-refractivity contribution in [3.05, 3.63) is 34.1 Å². The highest BCUT2D eigenvalue weighted by Crippen LogP contribution is 2.30. The third kappa shape index (κ3) is 3.49. The zero-order chi connectivity index (χ0) is 14.9. The summed E-state index contributed by atoms with van der Waals surface area (Å²) >= 11 is 0. The molecule has 118 valence electrons. The fourth-order valence-corrected chi connectivity index (χ4v) is 3.91. The highest BCUT2D eigenvalue weighted by atomic mass is 35.5. The van der Waals surface area contributed by atoms with E-state index in [1.807, 2.05) is 0 Å². The average molecular weight is 340 g/mol. The van der Waals surface area contributed by atoms with Gasteiger partial charge in [-0.05, 0) is 25.0 Å². The molecule has 0 saturated carbocycles. The number of benzene rings is 1. The third-order valence-electron chi connectivity index (χ3n) is 3.17. The lowest BCUT2D eigenvalue weighted by atomic mass is 10.1. The number of piperidine rings is 1. The fourth-order valence-electron chi connectivity index (χ4n) is 2.21. The van der Waals surface area contributed by atoms with E-state index in [4.69, 9.17) is 5.73 Å². The van der Waals surface area contributed by atoms with Crippen LogP contribution in [0.5, 0.6) is 0 Å². The molecule has 2 N–H and O–H groups in total. The van der Waals surface area contributed by atoms with Gasteiger partial charge in [0.2, 0.25) is 15.8 Å². The van der Waals surface area contributed by atoms with Crippen LogP contribution in [0.2, 0.25) is 0 Å². The molecule has 0 aliphatic carbocycles. The minimum absolute atomic E-state index is 0. The van der Waals surface area contributed by atoms with E-state index < -0.39 is 31.3 Å². The van der Waals surface area contributed by atoms with Crippen LogP contribution in [-0.2, 0) is 10.0 Å². The summed E-state index contributed by atoms with van der Waals surface area (Å²) in [6.07, 6.45) is 1.26. The van der Waals surface area contributed by atoms with Crippen molar-refractivity contribution in [3.8, 4) is 0 Å². The second kappa shape index (κ2) is 6.65. The number of hydrogen-bond acceptors (Lipinski definition) is 5. The quantitative estimate of drug-likeness (QED) is 0.659. The molecule has 10 heteroatoms. The Balaban J connectivity index is 0.00000220. The van der Waals surface area contributed by atoms with E-state index in [0.29, 0.717) is 12.8 Å². The predicted molar refractivity (Wildman–Crippen MR) is 76.3 cm³/mol. The Morgan fingerprint density at radius 1 is 1.43 bits per heavy atom. The largest absolute Gasteiger partial charge is 0.327 e. The van der Waals surface area contributed by atoms with Crippen LogP contribution in [-0.4, -0.2) is 36.8 Å². The van der Waals surface area contributed by atoms with Crippen LogP contribution in [0.25, 0.3) is 0 Å². The molecule has 1 aliphatic rings. The first-order chi connectivity index (χ1) is 9.34. The molecule has 1 aliphatic heterocycles. The van der Waals surface area contributed by atoms with Crippen molar-refractivity contribution in [2.24, 2.45) is 5.73 Å². The van der Waals surface area contributed by atoms with Gasteiger partial charge in [0.1, 0.15) is 0 Å². The van der Waals surface area contributed by atoms with Crippen LogP contribution >= 0.6 is 12.4 Å². The summed E-state index contributed by atoms with van der Waals surface area (Å²) in [7, 11) is -4.12. The number of rotatable bonds is 3. The molecule has 0 bridgehead atoms. The highest BCUT2D eigenvalue weighted by molar-refractivity contribution is 7.89. The number of sulfonamides is 1. The standard InChI is InChI=1S/C11H14FN3O4S.ClH/c12-9-4-1-5-10(11(9)15(16)17)20(18,19)14-6-2-3-8(13)7-14;/h1,4-5,8H,2-3,6-7,13H2;1H. The van der Waals surface area contributed by atoms with Gasteiger partial charge in [0.25, 0.3) is 0 Å². The van der Waals surface area contributed by atoms with E-state index >= 15 is 0 Å². The van der Waals surface area contributed by atoms with E-state index in [2.05, 4.69) is 0 Å². The van der Waals surface area contributed by atoms with Gasteiger partial charge in [-0.25, -0.2) is 8.42 Å². The van der Waals surface area contributed by atoms with Crippen molar-refractivity contribution in [1.82, 2.24) is 4.31 Å². The first-order valence-corrected chi connectivity index (χ1v) is 7.46. The minimum Gasteiger partial charge on any atom is -0.327 e. The molecule has 0 aromatic heterocycles. The molecule has 21 heavy (non-hydrogen) atoms. The Morgan fingerprint density at radius 3 is 2.67 bits per heavy atom. The molecular formula is C11H15ClFN3O4S. The second-order valence-electron chi connectivity index (χ2n) is 4.61. The molecule has 0 radical (unpaired) electrons. The summed E-state index contributed by atoms with van der Waals surface area (Å²) in [6, 6.07) is 2.72. The van der Waals surface area contributed by atoms with Gasteiger partial charge in [-0.3, -0.25) is 10.1 Å². The first-order valence-electron chi connectivity index (χ1n) is 6.02. The monoisotopic (exact) mass is 339 g/mol. The highest BCUT2D eigenvalue weighted by Gasteiger charge is 2.35. The maximum atomic E-state index is 13.5. The van der Waals surface area contributed by atoms with Gasteiger partial charge >= 0.3 is 5.69 Å². The van der Waals surface area contributed by atoms with E-state index in [-0.39, 0.29) is 31.5 Å². The molecule has 0 amide bonds. The third-order valence-corrected chi connectivity index (χ3v) is 5.07. The molecule has 1 unspecified atom stereocenters. The molecule has 1 atom stereocenters. The Kier molecular flexibility index (Phi) is 5.62. The normalized spacial score (nSPS) is 19.8. The summed E-state index contributed by atoms with van der Waals surface area (Å²) in [5.41, 5.74) is 4.69. The number of para-hydroxylation sites is 1. The van der Waals surface area contributed by atoms with Gasteiger partial charge < -0.3 is 5.73 Å². The van der Waals surface area contributed by atoms with Crippen molar-refractivity contribution in [2.75, 3.05) is 13.1 Å². The number of halogens is 2. The molecule has 0 spiro atoms. The average Bonchev–Trinajstić information content (AvgIpc) is 2.38. The lowest BCUT2D eigenvalue weighted by Crippen LogP contribution is -2.45. The van der Waals surface area contributed by atoms with E-state index in [1.165, 1.54) is 0 Å². The molecule has 1 fully saturated rings. The SMILES string of the molecule is Cl.NC1CCCN(S(=O)(=O)c2cccc(F)c2[N+](=O)[O-])C1.